The number of thiazole rings is 1. The molecule has 10 heteroatoms. The first kappa shape index (κ1) is 27.2. The van der Waals surface area contributed by atoms with Gasteiger partial charge in [0.25, 0.3) is 11.5 Å². The number of nitrogens with zero attached hydrogens (tertiary/aromatic N) is 3. The Balaban J connectivity index is 1.95. The van der Waals surface area contributed by atoms with E-state index in [0.717, 1.165) is 11.1 Å². The molecule has 37 heavy (non-hydrogen) atoms. The van der Waals surface area contributed by atoms with E-state index in [1.165, 1.54) is 11.3 Å². The first-order chi connectivity index (χ1) is 17.7. The lowest BCUT2D eigenvalue weighted by molar-refractivity contribution is -0.127. The van der Waals surface area contributed by atoms with Gasteiger partial charge in [-0.15, -0.1) is 0 Å². The fourth-order valence-electron chi connectivity index (χ4n) is 4.41. The lowest BCUT2D eigenvalue weighted by Gasteiger charge is -2.29. The maximum absolute atomic E-state index is 13.9. The predicted molar refractivity (Wildman–Crippen MR) is 150 cm³/mol. The summed E-state index contributed by atoms with van der Waals surface area (Å²) in [5.74, 6) is 0.973. The number of rotatable bonds is 7. The normalized spacial score (nSPS) is 15.3. The molecule has 0 unspecified atom stereocenters. The Bertz CT molecular complexity index is 1560. The SMILES string of the molecule is CCN(CC)C(=O)C1=C(C)N=c2s/c(=C/c3cc(Br)c(OC)c(OC)c3)c(=O)n2[C@@H]1c1ccc(Cl)cc1. The minimum Gasteiger partial charge on any atom is -0.493 e. The molecule has 2 heterocycles. The first-order valence-electron chi connectivity index (χ1n) is 11.7. The van der Waals surface area contributed by atoms with Crippen molar-refractivity contribution in [3.8, 4) is 11.5 Å². The number of amides is 1. The second-order valence-electron chi connectivity index (χ2n) is 8.35. The summed E-state index contributed by atoms with van der Waals surface area (Å²) < 4.78 is 13.7. The third-order valence-corrected chi connectivity index (χ3v) is 8.07. The van der Waals surface area contributed by atoms with Gasteiger partial charge in [-0.1, -0.05) is 35.1 Å². The molecule has 4 rings (SSSR count). The molecule has 0 bridgehead atoms. The van der Waals surface area contributed by atoms with Crippen LogP contribution in [0.2, 0.25) is 5.02 Å². The van der Waals surface area contributed by atoms with E-state index < -0.39 is 6.04 Å². The van der Waals surface area contributed by atoms with Gasteiger partial charge < -0.3 is 14.4 Å². The molecule has 0 aliphatic carbocycles. The minimum absolute atomic E-state index is 0.135. The molecule has 0 saturated carbocycles. The Hall–Kier alpha value is -2.88. The quantitative estimate of drug-likeness (QED) is 0.397. The summed E-state index contributed by atoms with van der Waals surface area (Å²) in [4.78, 5) is 34.5. The van der Waals surface area contributed by atoms with Crippen LogP contribution in [0.3, 0.4) is 0 Å². The number of likely N-dealkylation sites (N-methyl/N-ethyl adjacent to an activating group) is 1. The van der Waals surface area contributed by atoms with Crippen LogP contribution in [0.15, 0.2) is 61.9 Å². The zero-order valence-corrected chi connectivity index (χ0v) is 24.3. The van der Waals surface area contributed by atoms with E-state index >= 15 is 0 Å². The number of carbonyl (C=O) groups is 1. The van der Waals surface area contributed by atoms with Gasteiger partial charge in [0.2, 0.25) is 0 Å². The topological polar surface area (TPSA) is 73.1 Å². The van der Waals surface area contributed by atoms with E-state index in [2.05, 4.69) is 15.9 Å². The van der Waals surface area contributed by atoms with Crippen molar-refractivity contribution in [3.63, 3.8) is 0 Å². The molecule has 194 valence electrons. The van der Waals surface area contributed by atoms with Crippen LogP contribution in [0, 0.1) is 0 Å². The van der Waals surface area contributed by atoms with E-state index in [-0.39, 0.29) is 11.5 Å². The molecule has 0 N–H and O–H groups in total. The number of benzene rings is 2. The average Bonchev–Trinajstić information content (AvgIpc) is 3.18. The van der Waals surface area contributed by atoms with Gasteiger partial charge in [0.15, 0.2) is 16.3 Å². The largest absolute Gasteiger partial charge is 0.493 e. The summed E-state index contributed by atoms with van der Waals surface area (Å²) in [7, 11) is 3.13. The molecule has 1 aliphatic heterocycles. The summed E-state index contributed by atoms with van der Waals surface area (Å²) in [6, 6.07) is 10.3. The van der Waals surface area contributed by atoms with Gasteiger partial charge in [0.1, 0.15) is 0 Å². The highest BCUT2D eigenvalue weighted by atomic mass is 79.9. The first-order valence-corrected chi connectivity index (χ1v) is 13.7. The van der Waals surface area contributed by atoms with Crippen LogP contribution >= 0.6 is 38.9 Å². The molecular weight excluding hydrogens is 578 g/mol. The zero-order chi connectivity index (χ0) is 26.9. The zero-order valence-electron chi connectivity index (χ0n) is 21.2. The van der Waals surface area contributed by atoms with Crippen molar-refractivity contribution in [1.29, 1.82) is 0 Å². The number of hydrogen-bond donors (Lipinski definition) is 0. The van der Waals surface area contributed by atoms with Crippen LogP contribution < -0.4 is 24.4 Å². The number of ether oxygens (including phenoxy) is 2. The molecule has 1 atom stereocenters. The van der Waals surface area contributed by atoms with Gasteiger partial charge in [0, 0.05) is 18.1 Å². The Labute approximate surface area is 232 Å². The third-order valence-electron chi connectivity index (χ3n) is 6.24. The minimum atomic E-state index is -0.624. The Morgan fingerprint density at radius 2 is 1.86 bits per heavy atom. The van der Waals surface area contributed by atoms with Gasteiger partial charge in [-0.25, -0.2) is 4.99 Å². The molecule has 3 aromatic rings. The fourth-order valence-corrected chi connectivity index (χ4v) is 6.20. The molecule has 1 aromatic heterocycles. The summed E-state index contributed by atoms with van der Waals surface area (Å²) in [6.45, 7) is 6.80. The van der Waals surface area contributed by atoms with Crippen molar-refractivity contribution in [2.45, 2.75) is 26.8 Å². The smallest absolute Gasteiger partial charge is 0.271 e. The monoisotopic (exact) mass is 603 g/mol. The fraction of sp³-hybridized carbons (Fsp3) is 0.296. The Kier molecular flexibility index (Phi) is 8.26. The molecule has 0 spiro atoms. The van der Waals surface area contributed by atoms with Crippen molar-refractivity contribution < 1.29 is 14.3 Å². The van der Waals surface area contributed by atoms with Gasteiger partial charge in [0.05, 0.1) is 40.5 Å². The van der Waals surface area contributed by atoms with Crippen molar-refractivity contribution in [3.05, 3.63) is 88.0 Å². The van der Waals surface area contributed by atoms with Crippen molar-refractivity contribution in [1.82, 2.24) is 9.47 Å². The van der Waals surface area contributed by atoms with Crippen LogP contribution in [0.4, 0.5) is 0 Å². The molecule has 7 nitrogen and oxygen atoms in total. The molecule has 1 aliphatic rings. The highest BCUT2D eigenvalue weighted by molar-refractivity contribution is 9.10. The standard InChI is InChI=1S/C27H27BrClN3O4S/c1-6-31(7-2)26(34)22-15(3)30-27-32(23(22)17-8-10-18(29)11-9-17)25(33)21(37-27)14-16-12-19(28)24(36-5)20(13-16)35-4/h8-14,23H,6-7H2,1-5H3/b21-14+/t23-/m1/s1. The predicted octanol–water partition coefficient (Wildman–Crippen LogP) is 4.54. The van der Waals surface area contributed by atoms with Crippen LogP contribution in [-0.4, -0.2) is 42.7 Å². The number of carbonyl (C=O) groups excluding carboxylic acids is 1. The van der Waals surface area contributed by atoms with Crippen molar-refractivity contribution >= 4 is 50.9 Å². The Morgan fingerprint density at radius 1 is 1.19 bits per heavy atom. The van der Waals surface area contributed by atoms with E-state index in [4.69, 9.17) is 26.1 Å². The molecule has 0 radical (unpaired) electrons. The second kappa shape index (κ2) is 11.2. The highest BCUT2D eigenvalue weighted by Crippen LogP contribution is 2.36. The number of allylic oxidation sites excluding steroid dienone is 1. The van der Waals surface area contributed by atoms with Crippen LogP contribution in [0.5, 0.6) is 11.5 Å². The number of halogens is 2. The summed E-state index contributed by atoms with van der Waals surface area (Å²) in [5, 5.41) is 0.576. The highest BCUT2D eigenvalue weighted by Gasteiger charge is 2.34. The van der Waals surface area contributed by atoms with E-state index in [1.54, 1.807) is 48.0 Å². The Morgan fingerprint density at radius 3 is 2.46 bits per heavy atom. The van der Waals surface area contributed by atoms with Gasteiger partial charge in [-0.2, -0.15) is 0 Å². The number of aromatic nitrogens is 1. The lowest BCUT2D eigenvalue weighted by atomic mass is 9.94. The van der Waals surface area contributed by atoms with E-state index in [9.17, 15) is 9.59 Å². The van der Waals surface area contributed by atoms with Gasteiger partial charge >= 0.3 is 0 Å². The number of fused-ring (bicyclic) bond motifs is 1. The second-order valence-corrected chi connectivity index (χ2v) is 10.6. The van der Waals surface area contributed by atoms with Gasteiger partial charge in [-0.05, 0) is 78.2 Å². The summed E-state index contributed by atoms with van der Waals surface area (Å²) in [6.07, 6.45) is 1.79. The molecule has 0 fully saturated rings. The molecule has 1 amide bonds. The van der Waals surface area contributed by atoms with Crippen molar-refractivity contribution in [2.75, 3.05) is 27.3 Å². The molecule has 2 aromatic carbocycles. The van der Waals surface area contributed by atoms with Gasteiger partial charge in [-0.3, -0.25) is 14.2 Å². The van der Waals surface area contributed by atoms with E-state index in [1.807, 2.05) is 39.0 Å². The number of methoxy groups -OCH3 is 2. The maximum atomic E-state index is 13.9. The van der Waals surface area contributed by atoms with E-state index in [0.29, 0.717) is 54.7 Å². The third kappa shape index (κ3) is 5.12. The number of hydrogen-bond acceptors (Lipinski definition) is 6. The maximum Gasteiger partial charge on any atom is 0.271 e. The molecule has 0 saturated heterocycles. The van der Waals surface area contributed by atoms with Crippen LogP contribution in [0.1, 0.15) is 37.9 Å². The molecular formula is C27H27BrClN3O4S. The summed E-state index contributed by atoms with van der Waals surface area (Å²) in [5.41, 5.74) is 2.40. The van der Waals surface area contributed by atoms with Crippen LogP contribution in [-0.2, 0) is 4.79 Å². The summed E-state index contributed by atoms with van der Waals surface area (Å²) >= 11 is 10.9. The van der Waals surface area contributed by atoms with Crippen LogP contribution in [0.25, 0.3) is 6.08 Å². The average molecular weight is 605 g/mol. The van der Waals surface area contributed by atoms with Crippen molar-refractivity contribution in [2.24, 2.45) is 4.99 Å². The lowest BCUT2D eigenvalue weighted by Crippen LogP contribution is -2.43.